The molecule has 3 heteroatoms. The maximum atomic E-state index is 10.0. The van der Waals surface area contributed by atoms with Crippen LogP contribution in [0.15, 0.2) is 0 Å². The normalized spacial score (nSPS) is 15.4. The average molecular weight is 203 g/mol. The summed E-state index contributed by atoms with van der Waals surface area (Å²) in [7, 11) is 0. The molecule has 2 nitrogen and oxygen atoms in total. The molecule has 0 aliphatic rings. The van der Waals surface area contributed by atoms with Gasteiger partial charge >= 0.3 is 0 Å². The zero-order valence-corrected chi connectivity index (χ0v) is 8.34. The molecule has 0 saturated carbocycles. The van der Waals surface area contributed by atoms with E-state index in [9.17, 15) is 4.79 Å². The predicted octanol–water partition coefficient (Wildman–Crippen LogP) is 0.989. The van der Waals surface area contributed by atoms with Crippen molar-refractivity contribution in [1.29, 1.82) is 0 Å². The molecular weight excluding hydrogens is 193 g/mol. The van der Waals surface area contributed by atoms with Gasteiger partial charge in [-0.05, 0) is 0 Å². The van der Waals surface area contributed by atoms with E-state index in [0.29, 0.717) is 0 Å². The molecule has 9 heavy (non-hydrogen) atoms. The van der Waals surface area contributed by atoms with E-state index in [1.165, 1.54) is 0 Å². The number of carboxylic acid groups (broad SMARTS) is 1. The van der Waals surface area contributed by atoms with Gasteiger partial charge in [-0.1, -0.05) is 12.8 Å². The van der Waals surface area contributed by atoms with Crippen LogP contribution >= 0.6 is 0 Å². The fourth-order valence-corrected chi connectivity index (χ4v) is 0.243. The number of rotatable bonds is 2. The van der Waals surface area contributed by atoms with Crippen LogP contribution in [0.4, 0.5) is 0 Å². The Bertz CT molecular complexity index is 91.1. The van der Waals surface area contributed by atoms with Crippen molar-refractivity contribution in [1.82, 2.24) is 0 Å². The molecule has 1 radical (unpaired) electrons. The van der Waals surface area contributed by atoms with E-state index in [4.69, 9.17) is 5.11 Å². The van der Waals surface area contributed by atoms with Gasteiger partial charge < -0.3 is 19.0 Å². The first kappa shape index (κ1) is 12.3. The van der Waals surface area contributed by atoms with Crippen molar-refractivity contribution >= 4 is 5.97 Å². The number of aliphatic carboxylic acids is 1. The summed E-state index contributed by atoms with van der Waals surface area (Å²) < 4.78 is 0. The third kappa shape index (κ3) is 5.04. The molecule has 0 aromatic heterocycles. The van der Waals surface area contributed by atoms with E-state index in [2.05, 4.69) is 13.8 Å². The van der Waals surface area contributed by atoms with Gasteiger partial charge in [0.15, 0.2) is 0 Å². The van der Waals surface area contributed by atoms with Crippen molar-refractivity contribution in [3.05, 3.63) is 13.8 Å². The Labute approximate surface area is 80.9 Å². The molecule has 0 aliphatic heterocycles. The Balaban J connectivity index is 0. The Hall–Kier alpha value is 0.574. The van der Waals surface area contributed by atoms with Crippen molar-refractivity contribution in [3.8, 4) is 0 Å². The van der Waals surface area contributed by atoms with Crippen LogP contribution in [-0.4, -0.2) is 11.1 Å². The maximum Gasteiger partial charge on any atom is 0.273 e. The van der Waals surface area contributed by atoms with Gasteiger partial charge in [-0.3, -0.25) is 4.79 Å². The molecule has 0 aromatic rings. The van der Waals surface area contributed by atoms with E-state index in [-0.39, 0.29) is 38.6 Å². The molecule has 0 aromatic carbocycles. The minimum Gasteiger partial charge on any atom is -0.483 e. The summed E-state index contributed by atoms with van der Waals surface area (Å²) in [5, 5.41) is 8.25. The van der Waals surface area contributed by atoms with Crippen LogP contribution in [0, 0.1) is 25.7 Å². The van der Waals surface area contributed by atoms with Gasteiger partial charge in [-0.2, -0.15) is 5.92 Å². The van der Waals surface area contributed by atoms with Crippen molar-refractivity contribution in [2.24, 2.45) is 11.8 Å². The van der Waals surface area contributed by atoms with Gasteiger partial charge in [0.25, 0.3) is 5.97 Å². The second kappa shape index (κ2) is 5.37. The minimum absolute atomic E-state index is 0. The van der Waals surface area contributed by atoms with Crippen molar-refractivity contribution in [2.75, 3.05) is 0 Å². The first-order chi connectivity index (χ1) is 3.55. The number of hydrogen-bond donors (Lipinski definition) is 1. The molecule has 0 bridgehead atoms. The fourth-order valence-electron chi connectivity index (χ4n) is 0.243. The van der Waals surface area contributed by atoms with Gasteiger partial charge in [0.05, 0.1) is 0 Å². The van der Waals surface area contributed by atoms with Gasteiger partial charge in [-0.25, -0.2) is 0 Å². The van der Waals surface area contributed by atoms with Crippen LogP contribution in [0.5, 0.6) is 0 Å². The van der Waals surface area contributed by atoms with Gasteiger partial charge in [0.2, 0.25) is 0 Å². The van der Waals surface area contributed by atoms with Crippen LogP contribution in [0.3, 0.4) is 0 Å². The smallest absolute Gasteiger partial charge is 0.273 e. The van der Waals surface area contributed by atoms with E-state index < -0.39 is 11.9 Å². The molecule has 1 N–H and O–H groups in total. The average Bonchev–Trinajstić information content (AvgIpc) is 1.64. The quantitative estimate of drug-likeness (QED) is 0.679. The number of carboxylic acids is 1. The SMILES string of the molecule is [CH2-]C(C)C([CH2-])C(=O)O.[Y]. The van der Waals surface area contributed by atoms with Crippen LogP contribution < -0.4 is 0 Å². The predicted molar refractivity (Wildman–Crippen MR) is 31.0 cm³/mol. The second-order valence-corrected chi connectivity index (χ2v) is 1.92. The summed E-state index contributed by atoms with van der Waals surface area (Å²) >= 11 is 0. The summed E-state index contributed by atoms with van der Waals surface area (Å²) in [6.45, 7) is 8.62. The van der Waals surface area contributed by atoms with E-state index in [1.807, 2.05) is 0 Å². The van der Waals surface area contributed by atoms with Crippen molar-refractivity contribution < 1.29 is 42.6 Å². The first-order valence-corrected chi connectivity index (χ1v) is 2.44. The topological polar surface area (TPSA) is 37.3 Å². The molecule has 0 heterocycles. The summed E-state index contributed by atoms with van der Waals surface area (Å²) in [6, 6.07) is 0. The molecule has 0 saturated heterocycles. The Morgan fingerprint density at radius 2 is 1.89 bits per heavy atom. The van der Waals surface area contributed by atoms with E-state index in [1.54, 1.807) is 6.92 Å². The van der Waals surface area contributed by atoms with Gasteiger partial charge in [0, 0.05) is 32.7 Å². The zero-order valence-electron chi connectivity index (χ0n) is 5.50. The van der Waals surface area contributed by atoms with Crippen LogP contribution in [0.25, 0.3) is 0 Å². The molecule has 0 spiro atoms. The van der Waals surface area contributed by atoms with Gasteiger partial charge in [0.1, 0.15) is 0 Å². The number of hydrogen-bond acceptors (Lipinski definition) is 1. The summed E-state index contributed by atoms with van der Waals surface area (Å²) in [6.07, 6.45) is 0. The molecule has 0 fully saturated rings. The second-order valence-electron chi connectivity index (χ2n) is 1.92. The molecule has 51 valence electrons. The van der Waals surface area contributed by atoms with E-state index in [0.717, 1.165) is 0 Å². The minimum atomic E-state index is -0.882. The van der Waals surface area contributed by atoms with E-state index >= 15 is 0 Å². The molecule has 2 unspecified atom stereocenters. The van der Waals surface area contributed by atoms with Crippen LogP contribution in [0.2, 0.25) is 0 Å². The van der Waals surface area contributed by atoms with Crippen LogP contribution in [0.1, 0.15) is 6.92 Å². The Morgan fingerprint density at radius 3 is 1.89 bits per heavy atom. The first-order valence-electron chi connectivity index (χ1n) is 2.44. The molecule has 0 rings (SSSR count). The third-order valence-electron chi connectivity index (χ3n) is 1.00. The Kier molecular flexibility index (Phi) is 7.31. The molecular formula is C6H10O2Y-2. The monoisotopic (exact) mass is 203 g/mol. The largest absolute Gasteiger partial charge is 0.483 e. The fraction of sp³-hybridized carbons (Fsp3) is 0.500. The Morgan fingerprint density at radius 1 is 1.56 bits per heavy atom. The molecule has 0 aliphatic carbocycles. The van der Waals surface area contributed by atoms with Crippen LogP contribution in [-0.2, 0) is 37.5 Å². The summed E-state index contributed by atoms with van der Waals surface area (Å²) in [5.41, 5.74) is 0. The van der Waals surface area contributed by atoms with Crippen molar-refractivity contribution in [2.45, 2.75) is 6.92 Å². The van der Waals surface area contributed by atoms with Crippen molar-refractivity contribution in [3.63, 3.8) is 0 Å². The maximum absolute atomic E-state index is 10.0. The van der Waals surface area contributed by atoms with Gasteiger partial charge in [-0.15, -0.1) is 0 Å². The number of carbonyl (C=O) groups is 1. The standard InChI is InChI=1S/C6H10O2.Y/c1-4(2)5(3)6(7)8;/h4-5H,1,3H2,2H3,(H,7,8);/q-2;. The zero-order chi connectivity index (χ0) is 6.73. The molecule has 0 amide bonds. The summed E-state index contributed by atoms with van der Waals surface area (Å²) in [5.74, 6) is -1.57. The summed E-state index contributed by atoms with van der Waals surface area (Å²) in [4.78, 5) is 10.0. The molecule has 2 atom stereocenters. The third-order valence-corrected chi connectivity index (χ3v) is 1.00.